The van der Waals surface area contributed by atoms with Gasteiger partial charge in [0.1, 0.15) is 5.76 Å². The maximum absolute atomic E-state index is 9.98. The second-order valence-corrected chi connectivity index (χ2v) is 3.05. The standard InChI is InChI=1S/C8H10O2/c9-5-10-8-4-6-1-2-7(8)3-6/h5-6H,1-4H2. The van der Waals surface area contributed by atoms with Gasteiger partial charge in [-0.25, -0.2) is 0 Å². The molecule has 1 saturated carbocycles. The van der Waals surface area contributed by atoms with E-state index < -0.39 is 0 Å². The van der Waals surface area contributed by atoms with Crippen molar-refractivity contribution in [2.75, 3.05) is 0 Å². The Morgan fingerprint density at radius 1 is 1.50 bits per heavy atom. The van der Waals surface area contributed by atoms with Crippen molar-refractivity contribution in [1.29, 1.82) is 0 Å². The quantitative estimate of drug-likeness (QED) is 0.542. The van der Waals surface area contributed by atoms with Gasteiger partial charge in [-0.1, -0.05) is 0 Å². The van der Waals surface area contributed by atoms with Gasteiger partial charge in [-0.3, -0.25) is 4.79 Å². The summed E-state index contributed by atoms with van der Waals surface area (Å²) in [5.74, 6) is 1.76. The number of fused-ring (bicyclic) bond motifs is 2. The third-order valence-electron chi connectivity index (χ3n) is 2.45. The second kappa shape index (κ2) is 2.11. The van der Waals surface area contributed by atoms with Crippen LogP contribution in [0, 0.1) is 5.92 Å². The molecule has 2 rings (SSSR count). The average molecular weight is 138 g/mol. The summed E-state index contributed by atoms with van der Waals surface area (Å²) in [5, 5.41) is 0. The van der Waals surface area contributed by atoms with E-state index >= 15 is 0 Å². The molecule has 0 aliphatic heterocycles. The van der Waals surface area contributed by atoms with E-state index in [1.807, 2.05) is 0 Å². The van der Waals surface area contributed by atoms with Gasteiger partial charge < -0.3 is 4.74 Å². The fraction of sp³-hybridized carbons (Fsp3) is 0.625. The van der Waals surface area contributed by atoms with Crippen LogP contribution in [0.5, 0.6) is 0 Å². The first-order valence-corrected chi connectivity index (χ1v) is 3.71. The van der Waals surface area contributed by atoms with Crippen LogP contribution in [0.25, 0.3) is 0 Å². The maximum Gasteiger partial charge on any atom is 0.298 e. The van der Waals surface area contributed by atoms with Crippen LogP contribution >= 0.6 is 0 Å². The Kier molecular flexibility index (Phi) is 1.26. The van der Waals surface area contributed by atoms with Crippen molar-refractivity contribution in [1.82, 2.24) is 0 Å². The molecule has 0 aromatic carbocycles. The molecule has 0 spiro atoms. The number of ether oxygens (including phenoxy) is 1. The summed E-state index contributed by atoms with van der Waals surface area (Å²) in [7, 11) is 0. The molecule has 0 heterocycles. The Morgan fingerprint density at radius 2 is 2.40 bits per heavy atom. The van der Waals surface area contributed by atoms with Gasteiger partial charge in [-0.05, 0) is 30.8 Å². The minimum absolute atomic E-state index is 0.545. The number of rotatable bonds is 2. The van der Waals surface area contributed by atoms with Gasteiger partial charge in [0.2, 0.25) is 0 Å². The summed E-state index contributed by atoms with van der Waals surface area (Å²) in [6.45, 7) is 0.545. The van der Waals surface area contributed by atoms with Crippen molar-refractivity contribution in [3.63, 3.8) is 0 Å². The van der Waals surface area contributed by atoms with Crippen LogP contribution in [0.4, 0.5) is 0 Å². The van der Waals surface area contributed by atoms with Gasteiger partial charge >= 0.3 is 0 Å². The van der Waals surface area contributed by atoms with E-state index in [0.29, 0.717) is 6.47 Å². The zero-order valence-corrected chi connectivity index (χ0v) is 5.80. The number of hydrogen-bond acceptors (Lipinski definition) is 2. The fourth-order valence-electron chi connectivity index (χ4n) is 1.95. The van der Waals surface area contributed by atoms with E-state index in [9.17, 15) is 4.79 Å². The molecule has 0 aromatic heterocycles. The summed E-state index contributed by atoms with van der Waals surface area (Å²) >= 11 is 0. The van der Waals surface area contributed by atoms with Crippen LogP contribution in [-0.4, -0.2) is 6.47 Å². The summed E-state index contributed by atoms with van der Waals surface area (Å²) < 4.78 is 4.84. The lowest BCUT2D eigenvalue weighted by Crippen LogP contribution is -1.96. The van der Waals surface area contributed by atoms with Gasteiger partial charge in [-0.2, -0.15) is 0 Å². The molecule has 1 fully saturated rings. The largest absolute Gasteiger partial charge is 0.433 e. The van der Waals surface area contributed by atoms with Crippen LogP contribution in [0.15, 0.2) is 11.3 Å². The third-order valence-corrected chi connectivity index (χ3v) is 2.45. The van der Waals surface area contributed by atoms with Crippen LogP contribution in [0.3, 0.4) is 0 Å². The molecule has 1 atom stereocenters. The predicted molar refractivity (Wildman–Crippen MR) is 36.1 cm³/mol. The molecule has 0 N–H and O–H groups in total. The first-order valence-electron chi connectivity index (χ1n) is 3.71. The average Bonchev–Trinajstić information content (AvgIpc) is 2.48. The zero-order chi connectivity index (χ0) is 6.97. The lowest BCUT2D eigenvalue weighted by Gasteiger charge is -2.08. The first-order chi connectivity index (χ1) is 4.90. The van der Waals surface area contributed by atoms with E-state index in [1.54, 1.807) is 0 Å². The highest BCUT2D eigenvalue weighted by atomic mass is 16.5. The molecule has 2 bridgehead atoms. The number of hydrogen-bond donors (Lipinski definition) is 0. The van der Waals surface area contributed by atoms with E-state index in [-0.39, 0.29) is 0 Å². The second-order valence-electron chi connectivity index (χ2n) is 3.05. The maximum atomic E-state index is 9.98. The molecule has 0 radical (unpaired) electrons. The smallest absolute Gasteiger partial charge is 0.298 e. The topological polar surface area (TPSA) is 26.3 Å². The normalized spacial score (nSPS) is 29.4. The predicted octanol–water partition coefficient (Wildman–Crippen LogP) is 1.62. The summed E-state index contributed by atoms with van der Waals surface area (Å²) in [5.41, 5.74) is 1.39. The van der Waals surface area contributed by atoms with Gasteiger partial charge in [0.05, 0.1) is 0 Å². The molecule has 2 aliphatic rings. The van der Waals surface area contributed by atoms with E-state index in [2.05, 4.69) is 0 Å². The molecular formula is C8H10O2. The minimum Gasteiger partial charge on any atom is -0.433 e. The van der Waals surface area contributed by atoms with Gasteiger partial charge in [0, 0.05) is 6.42 Å². The Bertz CT molecular complexity index is 193. The molecular weight excluding hydrogens is 128 g/mol. The molecule has 0 aromatic rings. The van der Waals surface area contributed by atoms with Gasteiger partial charge in [-0.15, -0.1) is 0 Å². The lowest BCUT2D eigenvalue weighted by atomic mass is 10.1. The first kappa shape index (κ1) is 5.96. The number of carbonyl (C=O) groups excluding carboxylic acids is 1. The summed E-state index contributed by atoms with van der Waals surface area (Å²) in [6, 6.07) is 0. The van der Waals surface area contributed by atoms with Crippen LogP contribution in [0.1, 0.15) is 25.7 Å². The molecule has 0 amide bonds. The van der Waals surface area contributed by atoms with Crippen molar-refractivity contribution in [3.05, 3.63) is 11.3 Å². The van der Waals surface area contributed by atoms with Gasteiger partial charge in [0.25, 0.3) is 6.47 Å². The lowest BCUT2D eigenvalue weighted by molar-refractivity contribution is -0.125. The Morgan fingerprint density at radius 3 is 2.90 bits per heavy atom. The minimum atomic E-state index is 0.545. The zero-order valence-electron chi connectivity index (χ0n) is 5.80. The SMILES string of the molecule is O=COC1=C2CCC(C2)C1. The highest BCUT2D eigenvalue weighted by molar-refractivity contribution is 5.41. The van der Waals surface area contributed by atoms with E-state index in [4.69, 9.17) is 4.74 Å². The molecule has 10 heavy (non-hydrogen) atoms. The Balaban J connectivity index is 2.14. The van der Waals surface area contributed by atoms with Crippen molar-refractivity contribution >= 4 is 6.47 Å². The van der Waals surface area contributed by atoms with Crippen LogP contribution < -0.4 is 0 Å². The highest BCUT2D eigenvalue weighted by Crippen LogP contribution is 2.43. The Labute approximate surface area is 59.9 Å². The van der Waals surface area contributed by atoms with Crippen LogP contribution in [0.2, 0.25) is 0 Å². The fourth-order valence-corrected chi connectivity index (χ4v) is 1.95. The third kappa shape index (κ3) is 0.753. The van der Waals surface area contributed by atoms with E-state index in [0.717, 1.165) is 24.5 Å². The Hall–Kier alpha value is -0.790. The summed E-state index contributed by atoms with van der Waals surface area (Å²) in [4.78, 5) is 9.98. The van der Waals surface area contributed by atoms with Crippen molar-refractivity contribution < 1.29 is 9.53 Å². The number of carbonyl (C=O) groups is 1. The summed E-state index contributed by atoms with van der Waals surface area (Å²) in [6.07, 6.45) is 4.66. The molecule has 1 unspecified atom stereocenters. The van der Waals surface area contributed by atoms with Gasteiger partial charge in [0.15, 0.2) is 0 Å². The molecule has 54 valence electrons. The molecule has 2 nitrogen and oxygen atoms in total. The highest BCUT2D eigenvalue weighted by Gasteiger charge is 2.31. The molecule has 2 aliphatic carbocycles. The monoisotopic (exact) mass is 138 g/mol. The number of allylic oxidation sites excluding steroid dienone is 2. The van der Waals surface area contributed by atoms with Crippen molar-refractivity contribution in [2.24, 2.45) is 5.92 Å². The van der Waals surface area contributed by atoms with Crippen LogP contribution in [-0.2, 0) is 9.53 Å². The van der Waals surface area contributed by atoms with Crippen molar-refractivity contribution in [2.45, 2.75) is 25.7 Å². The van der Waals surface area contributed by atoms with Crippen molar-refractivity contribution in [3.8, 4) is 0 Å². The molecule has 0 saturated heterocycles. The van der Waals surface area contributed by atoms with E-state index in [1.165, 1.54) is 18.4 Å². The molecule has 2 heteroatoms.